The molecular formula is C25H22F2N8O3. The fourth-order valence-corrected chi connectivity index (χ4v) is 3.74. The molecule has 0 saturated heterocycles. The largest absolute Gasteiger partial charge is 0.344 e. The summed E-state index contributed by atoms with van der Waals surface area (Å²) in [6.45, 7) is 5.45. The molecule has 3 N–H and O–H groups in total. The van der Waals surface area contributed by atoms with Gasteiger partial charge in [-0.3, -0.25) is 9.59 Å². The van der Waals surface area contributed by atoms with E-state index in [4.69, 9.17) is 4.52 Å². The number of nitrogens with one attached hydrogen (secondary N) is 3. The number of carbonyl (C=O) groups is 1. The quantitative estimate of drug-likeness (QED) is 0.304. The van der Waals surface area contributed by atoms with Crippen molar-refractivity contribution < 1.29 is 18.1 Å². The molecule has 5 aromatic rings. The molecule has 0 aliphatic heterocycles. The molecule has 0 fully saturated rings. The van der Waals surface area contributed by atoms with Gasteiger partial charge in [0.05, 0.1) is 0 Å². The van der Waals surface area contributed by atoms with E-state index >= 15 is 0 Å². The lowest BCUT2D eigenvalue weighted by Gasteiger charge is -2.12. The van der Waals surface area contributed by atoms with Gasteiger partial charge in [0.15, 0.2) is 17.3 Å². The fourth-order valence-electron chi connectivity index (χ4n) is 3.74. The van der Waals surface area contributed by atoms with Crippen LogP contribution in [0.15, 0.2) is 51.9 Å². The van der Waals surface area contributed by atoms with Crippen molar-refractivity contribution >= 4 is 17.1 Å². The summed E-state index contributed by atoms with van der Waals surface area (Å²) in [5.41, 5.74) is 1.55. The minimum atomic E-state index is -2.80. The highest BCUT2D eigenvalue weighted by atomic mass is 19.3. The van der Waals surface area contributed by atoms with Crippen molar-refractivity contribution in [1.29, 1.82) is 0 Å². The van der Waals surface area contributed by atoms with Gasteiger partial charge in [0.1, 0.15) is 11.2 Å². The first kappa shape index (κ1) is 24.9. The molecule has 11 nitrogen and oxygen atoms in total. The van der Waals surface area contributed by atoms with E-state index in [1.54, 1.807) is 12.1 Å². The molecule has 0 atom stereocenters. The van der Waals surface area contributed by atoms with Crippen molar-refractivity contribution in [2.75, 3.05) is 0 Å². The van der Waals surface area contributed by atoms with Crippen LogP contribution in [0, 0.1) is 0 Å². The van der Waals surface area contributed by atoms with Crippen LogP contribution in [0.25, 0.3) is 33.8 Å². The summed E-state index contributed by atoms with van der Waals surface area (Å²) in [4.78, 5) is 39.7. The van der Waals surface area contributed by atoms with Gasteiger partial charge in [-0.1, -0.05) is 38.1 Å². The maximum Gasteiger partial charge on any atom is 0.315 e. The second-order valence-corrected chi connectivity index (χ2v) is 9.52. The molecule has 0 aliphatic rings. The molecule has 0 radical (unpaired) electrons. The number of halogens is 2. The first-order chi connectivity index (χ1) is 18.1. The molecule has 5 rings (SSSR count). The Bertz CT molecular complexity index is 1680. The van der Waals surface area contributed by atoms with Gasteiger partial charge in [-0.2, -0.15) is 10.1 Å². The summed E-state index contributed by atoms with van der Waals surface area (Å²) in [5, 5.41) is 12.7. The van der Waals surface area contributed by atoms with Crippen LogP contribution < -0.4 is 10.9 Å². The molecule has 0 unspecified atom stereocenters. The Hall–Kier alpha value is -4.81. The average molecular weight is 521 g/mol. The molecule has 0 saturated carbocycles. The van der Waals surface area contributed by atoms with Crippen LogP contribution in [-0.2, 0) is 12.0 Å². The van der Waals surface area contributed by atoms with Crippen LogP contribution in [0.5, 0.6) is 0 Å². The Morgan fingerprint density at radius 3 is 2.63 bits per heavy atom. The number of hydrogen-bond acceptors (Lipinski definition) is 8. The minimum absolute atomic E-state index is 0.164. The van der Waals surface area contributed by atoms with Crippen LogP contribution in [0.2, 0.25) is 0 Å². The van der Waals surface area contributed by atoms with Crippen molar-refractivity contribution in [3.8, 4) is 22.6 Å². The molecule has 0 spiro atoms. The van der Waals surface area contributed by atoms with Crippen molar-refractivity contribution in [3.05, 3.63) is 75.8 Å². The molecule has 194 valence electrons. The lowest BCUT2D eigenvalue weighted by atomic mass is 9.96. The van der Waals surface area contributed by atoms with Gasteiger partial charge in [-0.15, -0.1) is 0 Å². The molecular weight excluding hydrogens is 498 g/mol. The zero-order valence-corrected chi connectivity index (χ0v) is 20.5. The number of amides is 1. The smallest absolute Gasteiger partial charge is 0.315 e. The van der Waals surface area contributed by atoms with Gasteiger partial charge in [-0.05, 0) is 29.3 Å². The first-order valence-electron chi connectivity index (χ1n) is 11.5. The van der Waals surface area contributed by atoms with Crippen molar-refractivity contribution in [2.24, 2.45) is 0 Å². The Kier molecular flexibility index (Phi) is 6.27. The normalized spacial score (nSPS) is 11.8. The number of fused-ring (bicyclic) bond motifs is 1. The van der Waals surface area contributed by atoms with E-state index < -0.39 is 17.7 Å². The third-order valence-corrected chi connectivity index (χ3v) is 5.73. The van der Waals surface area contributed by atoms with E-state index in [1.165, 1.54) is 30.5 Å². The highest BCUT2D eigenvalue weighted by molar-refractivity contribution is 5.91. The second kappa shape index (κ2) is 9.57. The van der Waals surface area contributed by atoms with E-state index in [-0.39, 0.29) is 29.1 Å². The Morgan fingerprint density at radius 1 is 1.13 bits per heavy atom. The number of H-pyrrole nitrogens is 2. The predicted octanol–water partition coefficient (Wildman–Crippen LogP) is 3.92. The zero-order valence-electron chi connectivity index (χ0n) is 20.5. The highest BCUT2D eigenvalue weighted by Crippen LogP contribution is 2.32. The van der Waals surface area contributed by atoms with Gasteiger partial charge in [0, 0.05) is 35.3 Å². The Balaban J connectivity index is 1.42. The topological polar surface area (TPSA) is 155 Å². The summed E-state index contributed by atoms with van der Waals surface area (Å²) in [7, 11) is 0. The van der Waals surface area contributed by atoms with E-state index in [1.807, 2.05) is 20.8 Å². The van der Waals surface area contributed by atoms with E-state index in [9.17, 15) is 18.4 Å². The summed E-state index contributed by atoms with van der Waals surface area (Å²) in [6.07, 6.45) is -1.26. The van der Waals surface area contributed by atoms with Crippen LogP contribution in [-0.4, -0.2) is 41.2 Å². The number of rotatable bonds is 6. The number of aromatic nitrogens is 7. The van der Waals surface area contributed by atoms with E-state index in [2.05, 4.69) is 40.6 Å². The molecule has 0 aliphatic carbocycles. The van der Waals surface area contributed by atoms with Gasteiger partial charge in [0.2, 0.25) is 0 Å². The Labute approximate surface area is 213 Å². The SMILES string of the molecule is CC(C)(C)c1noc(C(=O)NCc2ccc(-c3ccnc4[nH]c(-c5ccc(=O)[nH]n5)nc34)cc2C(F)F)n1. The monoisotopic (exact) mass is 520 g/mol. The number of aromatic amines is 2. The summed E-state index contributed by atoms with van der Waals surface area (Å²) >= 11 is 0. The third-order valence-electron chi connectivity index (χ3n) is 5.73. The van der Waals surface area contributed by atoms with Crippen molar-refractivity contribution in [2.45, 2.75) is 39.2 Å². The Morgan fingerprint density at radius 2 is 1.95 bits per heavy atom. The van der Waals surface area contributed by atoms with Crippen LogP contribution in [0.1, 0.15) is 54.8 Å². The number of hydrogen-bond donors (Lipinski definition) is 3. The molecule has 0 bridgehead atoms. The standard InChI is InChI=1S/C25H22F2N8O3/c1-25(2,3)24-32-23(38-35-24)22(37)29-11-13-5-4-12(10-15(13)19(26)27)14-8-9-28-21-18(14)30-20(31-21)16-6-7-17(36)34-33-16/h4-10,19H,11H2,1-3H3,(H,29,37)(H,34,36)(H,28,30,31). The second-order valence-electron chi connectivity index (χ2n) is 9.52. The van der Waals surface area contributed by atoms with Gasteiger partial charge in [-0.25, -0.2) is 23.8 Å². The van der Waals surface area contributed by atoms with E-state index in [0.29, 0.717) is 39.6 Å². The van der Waals surface area contributed by atoms with Crippen LogP contribution >= 0.6 is 0 Å². The van der Waals surface area contributed by atoms with Gasteiger partial charge in [0.25, 0.3) is 12.0 Å². The molecule has 13 heteroatoms. The lowest BCUT2D eigenvalue weighted by molar-refractivity contribution is 0.0905. The maximum absolute atomic E-state index is 14.1. The average Bonchev–Trinajstić information content (AvgIpc) is 3.55. The van der Waals surface area contributed by atoms with Crippen molar-refractivity contribution in [1.82, 2.24) is 40.6 Å². The number of benzene rings is 1. The minimum Gasteiger partial charge on any atom is -0.344 e. The summed E-state index contributed by atoms with van der Waals surface area (Å²) in [5.74, 6) is -0.175. The predicted molar refractivity (Wildman–Crippen MR) is 132 cm³/mol. The molecule has 4 heterocycles. The lowest BCUT2D eigenvalue weighted by Crippen LogP contribution is -2.24. The van der Waals surface area contributed by atoms with Gasteiger partial charge >= 0.3 is 11.8 Å². The number of pyridine rings is 1. The number of nitrogens with zero attached hydrogens (tertiary/aromatic N) is 5. The summed E-state index contributed by atoms with van der Waals surface area (Å²) in [6, 6.07) is 9.04. The van der Waals surface area contributed by atoms with Crippen LogP contribution in [0.4, 0.5) is 8.78 Å². The molecule has 1 aromatic carbocycles. The zero-order chi connectivity index (χ0) is 27.0. The summed E-state index contributed by atoms with van der Waals surface area (Å²) < 4.78 is 33.1. The molecule has 4 aromatic heterocycles. The van der Waals surface area contributed by atoms with E-state index in [0.717, 1.165) is 0 Å². The fraction of sp³-hybridized carbons (Fsp3) is 0.240. The van der Waals surface area contributed by atoms with Crippen LogP contribution in [0.3, 0.4) is 0 Å². The molecule has 1 amide bonds. The number of carbonyl (C=O) groups excluding carboxylic acids is 1. The van der Waals surface area contributed by atoms with Crippen molar-refractivity contribution in [3.63, 3.8) is 0 Å². The highest BCUT2D eigenvalue weighted by Gasteiger charge is 2.24. The number of alkyl halides is 2. The molecule has 38 heavy (non-hydrogen) atoms. The van der Waals surface area contributed by atoms with Gasteiger partial charge < -0.3 is 14.8 Å². The third kappa shape index (κ3) is 4.90. The number of imidazole rings is 1. The first-order valence-corrected chi connectivity index (χ1v) is 11.5. The maximum atomic E-state index is 14.1.